The van der Waals surface area contributed by atoms with Crippen molar-refractivity contribution in [1.82, 2.24) is 0 Å². The van der Waals surface area contributed by atoms with Crippen molar-refractivity contribution in [1.29, 1.82) is 0 Å². The summed E-state index contributed by atoms with van der Waals surface area (Å²) in [5.74, 6) is 2.67. The Kier molecular flexibility index (Phi) is 2.97. The van der Waals surface area contributed by atoms with Crippen LogP contribution in [0.4, 0.5) is 5.69 Å². The number of hydrogen-bond acceptors (Lipinski definition) is 1. The number of nitrogens with one attached hydrogen (secondary N) is 1. The molecule has 0 unspecified atom stereocenters. The molecule has 1 nitrogen and oxygen atoms in total. The smallest absolute Gasteiger partial charge is 0.0384 e. The average Bonchev–Trinajstić information content (AvgIpc) is 2.08. The molecule has 0 fully saturated rings. The van der Waals surface area contributed by atoms with Crippen LogP contribution in [0.5, 0.6) is 0 Å². The van der Waals surface area contributed by atoms with Gasteiger partial charge in [0, 0.05) is 17.3 Å². The topological polar surface area (TPSA) is 12.0 Å². The van der Waals surface area contributed by atoms with Gasteiger partial charge in [-0.1, -0.05) is 12.0 Å². The van der Waals surface area contributed by atoms with E-state index in [1.54, 1.807) is 0 Å². The van der Waals surface area contributed by atoms with E-state index >= 15 is 0 Å². The summed E-state index contributed by atoms with van der Waals surface area (Å²) in [7, 11) is 0. The molecule has 0 heterocycles. The fourth-order valence-electron chi connectivity index (χ4n) is 1.26. The van der Waals surface area contributed by atoms with E-state index in [9.17, 15) is 0 Å². The molecule has 68 valence electrons. The van der Waals surface area contributed by atoms with Gasteiger partial charge in [0.05, 0.1) is 0 Å². The predicted molar refractivity (Wildman–Crippen MR) is 57.9 cm³/mol. The van der Waals surface area contributed by atoms with Gasteiger partial charge in [-0.05, 0) is 38.5 Å². The Morgan fingerprint density at radius 3 is 2.62 bits per heavy atom. The minimum Gasteiger partial charge on any atom is -0.383 e. The van der Waals surface area contributed by atoms with Gasteiger partial charge in [-0.3, -0.25) is 0 Å². The van der Waals surface area contributed by atoms with Crippen LogP contribution in [0.1, 0.15) is 25.0 Å². The fourth-order valence-corrected chi connectivity index (χ4v) is 1.26. The minimum atomic E-state index is 0.437. The quantitative estimate of drug-likeness (QED) is 0.678. The lowest BCUT2D eigenvalue weighted by atomic mass is 10.1. The number of terminal acetylenes is 1. The SMILES string of the molecule is C#Cc1cccc(NC(C)C)c1C. The van der Waals surface area contributed by atoms with Crippen LogP contribution < -0.4 is 5.32 Å². The lowest BCUT2D eigenvalue weighted by molar-refractivity contribution is 0.897. The molecule has 1 aromatic rings. The van der Waals surface area contributed by atoms with Crippen molar-refractivity contribution in [3.05, 3.63) is 29.3 Å². The van der Waals surface area contributed by atoms with Crippen LogP contribution in [-0.2, 0) is 0 Å². The van der Waals surface area contributed by atoms with Gasteiger partial charge >= 0.3 is 0 Å². The molecule has 0 radical (unpaired) electrons. The highest BCUT2D eigenvalue weighted by molar-refractivity contribution is 5.58. The molecule has 0 spiro atoms. The third-order valence-corrected chi connectivity index (χ3v) is 1.93. The van der Waals surface area contributed by atoms with Crippen LogP contribution in [0.15, 0.2) is 18.2 Å². The van der Waals surface area contributed by atoms with Crippen molar-refractivity contribution in [2.75, 3.05) is 5.32 Å². The molecule has 0 amide bonds. The normalized spacial score (nSPS) is 9.77. The third kappa shape index (κ3) is 2.26. The highest BCUT2D eigenvalue weighted by atomic mass is 14.9. The maximum Gasteiger partial charge on any atom is 0.0384 e. The first kappa shape index (κ1) is 9.67. The number of anilines is 1. The summed E-state index contributed by atoms with van der Waals surface area (Å²) < 4.78 is 0. The summed E-state index contributed by atoms with van der Waals surface area (Å²) in [6, 6.07) is 6.43. The maximum absolute atomic E-state index is 5.37. The Morgan fingerprint density at radius 2 is 2.08 bits per heavy atom. The zero-order valence-corrected chi connectivity index (χ0v) is 8.39. The van der Waals surface area contributed by atoms with Crippen LogP contribution >= 0.6 is 0 Å². The molecule has 0 aliphatic carbocycles. The summed E-state index contributed by atoms with van der Waals surface area (Å²) >= 11 is 0. The molecule has 0 bridgehead atoms. The second-order valence-corrected chi connectivity index (χ2v) is 3.42. The van der Waals surface area contributed by atoms with Crippen molar-refractivity contribution in [3.63, 3.8) is 0 Å². The highest BCUT2D eigenvalue weighted by Gasteiger charge is 2.01. The van der Waals surface area contributed by atoms with Crippen molar-refractivity contribution in [3.8, 4) is 12.3 Å². The molecular weight excluding hydrogens is 158 g/mol. The van der Waals surface area contributed by atoms with E-state index < -0.39 is 0 Å². The number of rotatable bonds is 2. The first-order valence-corrected chi connectivity index (χ1v) is 4.48. The van der Waals surface area contributed by atoms with E-state index in [2.05, 4.69) is 31.2 Å². The van der Waals surface area contributed by atoms with Crippen LogP contribution in [-0.4, -0.2) is 6.04 Å². The Balaban J connectivity index is 3.03. The zero-order valence-electron chi connectivity index (χ0n) is 8.39. The summed E-state index contributed by atoms with van der Waals surface area (Å²) in [5, 5.41) is 3.35. The van der Waals surface area contributed by atoms with E-state index in [-0.39, 0.29) is 0 Å². The Hall–Kier alpha value is -1.42. The van der Waals surface area contributed by atoms with Crippen molar-refractivity contribution in [2.24, 2.45) is 0 Å². The Bertz CT molecular complexity index is 331. The molecule has 1 heteroatoms. The molecule has 0 aromatic heterocycles. The number of hydrogen-bond donors (Lipinski definition) is 1. The molecular formula is C12H15N. The third-order valence-electron chi connectivity index (χ3n) is 1.93. The molecule has 1 aromatic carbocycles. The Morgan fingerprint density at radius 1 is 1.38 bits per heavy atom. The summed E-state index contributed by atoms with van der Waals surface area (Å²) in [6.45, 7) is 6.27. The van der Waals surface area contributed by atoms with Gasteiger partial charge in [-0.25, -0.2) is 0 Å². The van der Waals surface area contributed by atoms with Gasteiger partial charge in [-0.15, -0.1) is 6.42 Å². The minimum absolute atomic E-state index is 0.437. The monoisotopic (exact) mass is 173 g/mol. The van der Waals surface area contributed by atoms with E-state index in [0.29, 0.717) is 6.04 Å². The molecule has 0 aliphatic rings. The van der Waals surface area contributed by atoms with Crippen LogP contribution in [0.25, 0.3) is 0 Å². The van der Waals surface area contributed by atoms with Gasteiger partial charge in [-0.2, -0.15) is 0 Å². The fraction of sp³-hybridized carbons (Fsp3) is 0.333. The molecule has 1 rings (SSSR count). The second kappa shape index (κ2) is 4.00. The molecule has 13 heavy (non-hydrogen) atoms. The summed E-state index contributed by atoms with van der Waals surface area (Å²) in [5.41, 5.74) is 3.25. The van der Waals surface area contributed by atoms with Crippen molar-refractivity contribution < 1.29 is 0 Å². The largest absolute Gasteiger partial charge is 0.383 e. The highest BCUT2D eigenvalue weighted by Crippen LogP contribution is 2.18. The molecule has 0 aliphatic heterocycles. The van der Waals surface area contributed by atoms with Gasteiger partial charge < -0.3 is 5.32 Å². The lowest BCUT2D eigenvalue weighted by Gasteiger charge is -2.13. The van der Waals surface area contributed by atoms with Crippen LogP contribution in [0, 0.1) is 19.3 Å². The van der Waals surface area contributed by atoms with Crippen molar-refractivity contribution in [2.45, 2.75) is 26.8 Å². The van der Waals surface area contributed by atoms with Gasteiger partial charge in [0.25, 0.3) is 0 Å². The molecule has 0 saturated carbocycles. The van der Waals surface area contributed by atoms with Gasteiger partial charge in [0.2, 0.25) is 0 Å². The van der Waals surface area contributed by atoms with Gasteiger partial charge in [0.15, 0.2) is 0 Å². The van der Waals surface area contributed by atoms with E-state index in [1.807, 2.05) is 19.1 Å². The zero-order chi connectivity index (χ0) is 9.84. The summed E-state index contributed by atoms with van der Waals surface area (Å²) in [4.78, 5) is 0. The van der Waals surface area contributed by atoms with Crippen molar-refractivity contribution >= 4 is 5.69 Å². The lowest BCUT2D eigenvalue weighted by Crippen LogP contribution is -2.10. The molecule has 0 atom stereocenters. The number of benzene rings is 1. The van der Waals surface area contributed by atoms with Crippen LogP contribution in [0.2, 0.25) is 0 Å². The first-order chi connectivity index (χ1) is 6.15. The Labute approximate surface area is 80.2 Å². The first-order valence-electron chi connectivity index (χ1n) is 4.48. The van der Waals surface area contributed by atoms with E-state index in [1.165, 1.54) is 0 Å². The van der Waals surface area contributed by atoms with E-state index in [0.717, 1.165) is 16.8 Å². The second-order valence-electron chi connectivity index (χ2n) is 3.42. The van der Waals surface area contributed by atoms with Gasteiger partial charge in [0.1, 0.15) is 0 Å². The van der Waals surface area contributed by atoms with E-state index in [4.69, 9.17) is 6.42 Å². The predicted octanol–water partition coefficient (Wildman–Crippen LogP) is 2.80. The average molecular weight is 173 g/mol. The molecule has 0 saturated heterocycles. The molecule has 1 N–H and O–H groups in total. The maximum atomic E-state index is 5.37. The standard InChI is InChI=1S/C12H15N/c1-5-11-7-6-8-12(10(11)4)13-9(2)3/h1,6-9,13H,2-4H3. The van der Waals surface area contributed by atoms with Crippen LogP contribution in [0.3, 0.4) is 0 Å². The summed E-state index contributed by atoms with van der Waals surface area (Å²) in [6.07, 6.45) is 5.37.